The van der Waals surface area contributed by atoms with E-state index in [1.807, 2.05) is 0 Å². The predicted molar refractivity (Wildman–Crippen MR) is 56.0 cm³/mol. The molecule has 0 unspecified atom stereocenters. The van der Waals surface area contributed by atoms with Crippen molar-refractivity contribution in [1.29, 1.82) is 0 Å². The lowest BCUT2D eigenvalue weighted by Crippen LogP contribution is -2.14. The molecule has 1 atom stereocenters. The van der Waals surface area contributed by atoms with E-state index in [4.69, 9.17) is 10.8 Å². The number of hydrogen-bond donors (Lipinski definition) is 3. The number of aromatic hydroxyl groups is 1. The van der Waals surface area contributed by atoms with Crippen molar-refractivity contribution < 1.29 is 15.1 Å². The number of rotatable bonds is 3. The molecule has 0 fully saturated rings. The molecular formula is C8H11ClN2O4. The normalized spacial score (nSPS) is 11.6. The van der Waals surface area contributed by atoms with E-state index in [1.165, 1.54) is 12.1 Å². The van der Waals surface area contributed by atoms with Gasteiger partial charge in [0, 0.05) is 17.7 Å². The van der Waals surface area contributed by atoms with Crippen LogP contribution in [0.15, 0.2) is 18.2 Å². The van der Waals surface area contributed by atoms with E-state index in [-0.39, 0.29) is 36.0 Å². The molecule has 7 heteroatoms. The van der Waals surface area contributed by atoms with Crippen molar-refractivity contribution >= 4 is 18.1 Å². The van der Waals surface area contributed by atoms with Crippen LogP contribution in [0.25, 0.3) is 0 Å². The van der Waals surface area contributed by atoms with Gasteiger partial charge in [-0.25, -0.2) is 0 Å². The third kappa shape index (κ3) is 3.05. The molecule has 4 N–H and O–H groups in total. The minimum absolute atomic E-state index is 0. The van der Waals surface area contributed by atoms with Gasteiger partial charge >= 0.3 is 0 Å². The molecule has 0 spiro atoms. The van der Waals surface area contributed by atoms with Crippen LogP contribution < -0.4 is 5.73 Å². The van der Waals surface area contributed by atoms with Crippen LogP contribution in [0.4, 0.5) is 5.69 Å². The van der Waals surface area contributed by atoms with Crippen molar-refractivity contribution in [3.63, 3.8) is 0 Å². The van der Waals surface area contributed by atoms with E-state index in [2.05, 4.69) is 0 Å². The Balaban J connectivity index is 0.00000196. The fourth-order valence-corrected chi connectivity index (χ4v) is 1.05. The quantitative estimate of drug-likeness (QED) is 0.527. The summed E-state index contributed by atoms with van der Waals surface area (Å²) in [5.41, 5.74) is 5.43. The molecule has 0 heterocycles. The lowest BCUT2D eigenvalue weighted by Gasteiger charge is -2.09. The second-order valence-corrected chi connectivity index (χ2v) is 2.79. The van der Waals surface area contributed by atoms with Gasteiger partial charge in [-0.2, -0.15) is 0 Å². The van der Waals surface area contributed by atoms with Crippen LogP contribution in [0, 0.1) is 10.1 Å². The van der Waals surface area contributed by atoms with E-state index < -0.39 is 11.0 Å². The highest BCUT2D eigenvalue weighted by molar-refractivity contribution is 5.85. The second-order valence-electron chi connectivity index (χ2n) is 2.79. The molecule has 15 heavy (non-hydrogen) atoms. The molecule has 0 aromatic heterocycles. The number of hydrogen-bond acceptors (Lipinski definition) is 5. The first-order valence-electron chi connectivity index (χ1n) is 3.90. The smallest absolute Gasteiger partial charge is 0.270 e. The van der Waals surface area contributed by atoms with Crippen LogP contribution in [-0.2, 0) is 0 Å². The van der Waals surface area contributed by atoms with E-state index in [0.29, 0.717) is 0 Å². The lowest BCUT2D eigenvalue weighted by atomic mass is 10.1. The van der Waals surface area contributed by atoms with Gasteiger partial charge in [0.1, 0.15) is 5.75 Å². The van der Waals surface area contributed by atoms with E-state index in [0.717, 1.165) is 6.07 Å². The Hall–Kier alpha value is -1.37. The third-order valence-electron chi connectivity index (χ3n) is 1.82. The Kier molecular flexibility index (Phi) is 4.99. The van der Waals surface area contributed by atoms with Crippen LogP contribution in [0.2, 0.25) is 0 Å². The van der Waals surface area contributed by atoms with Crippen molar-refractivity contribution in [3.05, 3.63) is 33.9 Å². The van der Waals surface area contributed by atoms with Gasteiger partial charge in [-0.3, -0.25) is 10.1 Å². The average molecular weight is 235 g/mol. The number of non-ortho nitro benzene ring substituents is 1. The van der Waals surface area contributed by atoms with Gasteiger partial charge in [0.25, 0.3) is 5.69 Å². The highest BCUT2D eigenvalue weighted by Gasteiger charge is 2.14. The molecule has 0 radical (unpaired) electrons. The molecule has 6 nitrogen and oxygen atoms in total. The van der Waals surface area contributed by atoms with Gasteiger partial charge in [0.15, 0.2) is 0 Å². The summed E-state index contributed by atoms with van der Waals surface area (Å²) in [6.45, 7) is -0.380. The molecule has 0 bridgehead atoms. The third-order valence-corrected chi connectivity index (χ3v) is 1.82. The van der Waals surface area contributed by atoms with Crippen molar-refractivity contribution in [2.75, 3.05) is 6.61 Å². The van der Waals surface area contributed by atoms with Gasteiger partial charge in [0.05, 0.1) is 17.6 Å². The Morgan fingerprint density at radius 1 is 1.53 bits per heavy atom. The largest absolute Gasteiger partial charge is 0.508 e. The molecular weight excluding hydrogens is 224 g/mol. The summed E-state index contributed by atoms with van der Waals surface area (Å²) >= 11 is 0. The summed E-state index contributed by atoms with van der Waals surface area (Å²) < 4.78 is 0. The first-order valence-corrected chi connectivity index (χ1v) is 3.90. The molecule has 0 saturated carbocycles. The standard InChI is InChI=1S/C8H10N2O4.ClH/c9-7(4-11)6-3-5(10(13)14)1-2-8(6)12;/h1-3,7,11-12H,4,9H2;1H/t7-;/m0./s1. The molecule has 1 rings (SSSR count). The summed E-state index contributed by atoms with van der Waals surface area (Å²) in [5, 5.41) is 28.4. The number of nitro groups is 1. The number of aliphatic hydroxyl groups excluding tert-OH is 1. The van der Waals surface area contributed by atoms with E-state index in [9.17, 15) is 15.2 Å². The SMILES string of the molecule is Cl.N[C@@H](CO)c1cc([N+](=O)[O-])ccc1O. The summed E-state index contributed by atoms with van der Waals surface area (Å²) in [5.74, 6) is -0.155. The molecule has 0 aliphatic carbocycles. The maximum Gasteiger partial charge on any atom is 0.270 e. The average Bonchev–Trinajstić information content (AvgIpc) is 2.17. The van der Waals surface area contributed by atoms with Crippen molar-refractivity contribution in [1.82, 2.24) is 0 Å². The van der Waals surface area contributed by atoms with Gasteiger partial charge in [-0.15, -0.1) is 12.4 Å². The molecule has 0 aliphatic rings. The number of nitrogens with zero attached hydrogens (tertiary/aromatic N) is 1. The zero-order valence-electron chi connectivity index (χ0n) is 7.66. The Bertz CT molecular complexity index is 358. The minimum Gasteiger partial charge on any atom is -0.508 e. The Morgan fingerprint density at radius 3 is 2.60 bits per heavy atom. The summed E-state index contributed by atoms with van der Waals surface area (Å²) in [7, 11) is 0. The zero-order valence-corrected chi connectivity index (χ0v) is 8.48. The number of benzene rings is 1. The molecule has 84 valence electrons. The number of halogens is 1. The fraction of sp³-hybridized carbons (Fsp3) is 0.250. The van der Waals surface area contributed by atoms with E-state index in [1.54, 1.807) is 0 Å². The lowest BCUT2D eigenvalue weighted by molar-refractivity contribution is -0.385. The van der Waals surface area contributed by atoms with Crippen LogP contribution in [0.5, 0.6) is 5.75 Å². The van der Waals surface area contributed by atoms with Crippen molar-refractivity contribution in [3.8, 4) is 5.75 Å². The zero-order chi connectivity index (χ0) is 10.7. The van der Waals surface area contributed by atoms with Crippen molar-refractivity contribution in [2.24, 2.45) is 5.73 Å². The number of aliphatic hydroxyl groups is 1. The molecule has 0 amide bonds. The molecule has 1 aromatic carbocycles. The fourth-order valence-electron chi connectivity index (χ4n) is 1.05. The summed E-state index contributed by atoms with van der Waals surface area (Å²) in [6.07, 6.45) is 0. The number of phenols is 1. The van der Waals surface area contributed by atoms with Gasteiger partial charge in [-0.1, -0.05) is 0 Å². The number of nitrogens with two attached hydrogens (primary N) is 1. The molecule has 0 aliphatic heterocycles. The molecule has 1 aromatic rings. The van der Waals surface area contributed by atoms with Crippen molar-refractivity contribution in [2.45, 2.75) is 6.04 Å². The highest BCUT2D eigenvalue weighted by atomic mass is 35.5. The van der Waals surface area contributed by atoms with Crippen LogP contribution >= 0.6 is 12.4 Å². The maximum atomic E-state index is 10.4. The molecule has 0 saturated heterocycles. The Labute approximate surface area is 91.9 Å². The summed E-state index contributed by atoms with van der Waals surface area (Å²) in [4.78, 5) is 9.81. The number of phenolic OH excluding ortho intramolecular Hbond substituents is 1. The van der Waals surface area contributed by atoms with Crippen LogP contribution in [-0.4, -0.2) is 21.7 Å². The highest BCUT2D eigenvalue weighted by Crippen LogP contribution is 2.26. The second kappa shape index (κ2) is 5.50. The monoisotopic (exact) mass is 234 g/mol. The number of nitro benzene ring substituents is 1. The van der Waals surface area contributed by atoms with E-state index >= 15 is 0 Å². The predicted octanol–water partition coefficient (Wildman–Crippen LogP) is 0.714. The Morgan fingerprint density at radius 2 is 2.13 bits per heavy atom. The topological polar surface area (TPSA) is 110 Å². The first kappa shape index (κ1) is 13.6. The van der Waals surface area contributed by atoms with Gasteiger partial charge in [-0.05, 0) is 6.07 Å². The van der Waals surface area contributed by atoms with Gasteiger partial charge < -0.3 is 15.9 Å². The van der Waals surface area contributed by atoms with Gasteiger partial charge in [0.2, 0.25) is 0 Å². The van der Waals surface area contributed by atoms with Crippen LogP contribution in [0.3, 0.4) is 0 Å². The minimum atomic E-state index is -0.810. The summed E-state index contributed by atoms with van der Waals surface area (Å²) in [6, 6.07) is 2.69. The maximum absolute atomic E-state index is 10.4. The van der Waals surface area contributed by atoms with Crippen LogP contribution in [0.1, 0.15) is 11.6 Å². The first-order chi connectivity index (χ1) is 6.56.